The number of thiazole rings is 1. The van der Waals surface area contributed by atoms with Gasteiger partial charge in [0.15, 0.2) is 0 Å². The second-order valence-corrected chi connectivity index (χ2v) is 8.01. The Labute approximate surface area is 164 Å². The molecule has 2 atom stereocenters. The van der Waals surface area contributed by atoms with Gasteiger partial charge in [0.1, 0.15) is 5.01 Å². The standard InChI is InChI=1S/C22H25N3OS/c1-16(2)14-20(22-24-12-13-27-22)25-21(26)19(18-6-4-3-5-7-18)15-17-8-10-23-11-9-17/h3-13,16,19-20H,14-15H2,1-2H3,(H,25,26). The number of aromatic nitrogens is 2. The van der Waals surface area contributed by atoms with Crippen molar-refractivity contribution in [3.63, 3.8) is 0 Å². The van der Waals surface area contributed by atoms with E-state index in [0.717, 1.165) is 22.6 Å². The lowest BCUT2D eigenvalue weighted by molar-refractivity contribution is -0.123. The molecule has 0 fully saturated rings. The predicted octanol–water partition coefficient (Wildman–Crippen LogP) is 4.77. The maximum atomic E-state index is 13.3. The molecule has 2 unspecified atom stereocenters. The summed E-state index contributed by atoms with van der Waals surface area (Å²) in [5.41, 5.74) is 2.12. The van der Waals surface area contributed by atoms with Crippen molar-refractivity contribution in [2.45, 2.75) is 38.6 Å². The first-order valence-corrected chi connectivity index (χ1v) is 10.1. The number of rotatable bonds is 8. The van der Waals surface area contributed by atoms with E-state index in [-0.39, 0.29) is 17.9 Å². The molecule has 27 heavy (non-hydrogen) atoms. The van der Waals surface area contributed by atoms with E-state index in [9.17, 15) is 4.79 Å². The van der Waals surface area contributed by atoms with E-state index in [1.165, 1.54) is 0 Å². The van der Waals surface area contributed by atoms with Crippen LogP contribution in [-0.4, -0.2) is 15.9 Å². The van der Waals surface area contributed by atoms with Crippen LogP contribution < -0.4 is 5.32 Å². The molecule has 0 radical (unpaired) electrons. The van der Waals surface area contributed by atoms with Gasteiger partial charge in [0, 0.05) is 24.0 Å². The lowest BCUT2D eigenvalue weighted by atomic mass is 9.91. The molecule has 2 aromatic heterocycles. The molecule has 0 spiro atoms. The fraction of sp³-hybridized carbons (Fsp3) is 0.318. The van der Waals surface area contributed by atoms with Crippen molar-refractivity contribution >= 4 is 17.2 Å². The summed E-state index contributed by atoms with van der Waals surface area (Å²) >= 11 is 1.59. The number of nitrogens with zero attached hydrogens (tertiary/aromatic N) is 2. The minimum atomic E-state index is -0.247. The Morgan fingerprint density at radius 2 is 1.81 bits per heavy atom. The number of carbonyl (C=O) groups is 1. The number of hydrogen-bond acceptors (Lipinski definition) is 4. The third-order valence-electron chi connectivity index (χ3n) is 4.48. The zero-order valence-corrected chi connectivity index (χ0v) is 16.5. The number of benzene rings is 1. The highest BCUT2D eigenvalue weighted by molar-refractivity contribution is 7.09. The fourth-order valence-corrected chi connectivity index (χ4v) is 3.88. The zero-order valence-electron chi connectivity index (χ0n) is 15.7. The Kier molecular flexibility index (Phi) is 6.71. The molecule has 0 aliphatic carbocycles. The van der Waals surface area contributed by atoms with Crippen molar-refractivity contribution in [2.24, 2.45) is 5.92 Å². The van der Waals surface area contributed by atoms with Crippen molar-refractivity contribution in [1.82, 2.24) is 15.3 Å². The Morgan fingerprint density at radius 1 is 1.07 bits per heavy atom. The number of amides is 1. The van der Waals surface area contributed by atoms with Gasteiger partial charge in [-0.15, -0.1) is 11.3 Å². The minimum Gasteiger partial charge on any atom is -0.346 e. The normalized spacial score (nSPS) is 13.3. The summed E-state index contributed by atoms with van der Waals surface area (Å²) in [6.45, 7) is 4.33. The molecule has 140 valence electrons. The molecule has 3 aromatic rings. The van der Waals surface area contributed by atoms with E-state index in [0.29, 0.717) is 12.3 Å². The Hall–Kier alpha value is -2.53. The molecule has 0 aliphatic rings. The lowest BCUT2D eigenvalue weighted by Gasteiger charge is -2.23. The molecule has 0 aliphatic heterocycles. The second kappa shape index (κ2) is 9.42. The predicted molar refractivity (Wildman–Crippen MR) is 110 cm³/mol. The minimum absolute atomic E-state index is 0.0406. The number of hydrogen-bond donors (Lipinski definition) is 1. The van der Waals surface area contributed by atoms with Crippen molar-refractivity contribution in [1.29, 1.82) is 0 Å². The van der Waals surface area contributed by atoms with E-state index in [1.807, 2.05) is 47.8 Å². The monoisotopic (exact) mass is 379 g/mol. The first kappa shape index (κ1) is 19.2. The van der Waals surface area contributed by atoms with Crippen molar-refractivity contribution in [2.75, 3.05) is 0 Å². The van der Waals surface area contributed by atoms with Crippen LogP contribution in [0, 0.1) is 5.92 Å². The van der Waals surface area contributed by atoms with Gasteiger partial charge in [0.2, 0.25) is 5.91 Å². The first-order chi connectivity index (χ1) is 13.1. The van der Waals surface area contributed by atoms with E-state index in [2.05, 4.69) is 29.1 Å². The van der Waals surface area contributed by atoms with Crippen molar-refractivity contribution in [3.05, 3.63) is 82.6 Å². The van der Waals surface area contributed by atoms with Crippen LogP contribution >= 0.6 is 11.3 Å². The molecular formula is C22H25N3OS. The van der Waals surface area contributed by atoms with E-state index in [1.54, 1.807) is 29.9 Å². The van der Waals surface area contributed by atoms with Gasteiger partial charge in [-0.1, -0.05) is 44.2 Å². The smallest absolute Gasteiger partial charge is 0.228 e. The van der Waals surface area contributed by atoms with Gasteiger partial charge in [0.05, 0.1) is 12.0 Å². The van der Waals surface area contributed by atoms with E-state index in [4.69, 9.17) is 0 Å². The van der Waals surface area contributed by atoms with Gasteiger partial charge in [0.25, 0.3) is 0 Å². The third kappa shape index (κ3) is 5.47. The van der Waals surface area contributed by atoms with Gasteiger partial charge >= 0.3 is 0 Å². The zero-order chi connectivity index (χ0) is 19.1. The molecular weight excluding hydrogens is 354 g/mol. The van der Waals surface area contributed by atoms with Crippen LogP contribution in [0.2, 0.25) is 0 Å². The highest BCUT2D eigenvalue weighted by Crippen LogP contribution is 2.26. The molecule has 1 N–H and O–H groups in total. The largest absolute Gasteiger partial charge is 0.346 e. The number of nitrogens with one attached hydrogen (secondary N) is 1. The molecule has 0 saturated carbocycles. The molecule has 1 aromatic carbocycles. The fourth-order valence-electron chi connectivity index (χ4n) is 3.17. The van der Waals surface area contributed by atoms with Crippen LogP contribution in [-0.2, 0) is 11.2 Å². The molecule has 5 heteroatoms. The molecule has 0 bridgehead atoms. The topological polar surface area (TPSA) is 54.9 Å². The van der Waals surface area contributed by atoms with E-state index >= 15 is 0 Å². The summed E-state index contributed by atoms with van der Waals surface area (Å²) in [5.74, 6) is 0.261. The molecule has 3 rings (SSSR count). The maximum absolute atomic E-state index is 13.3. The summed E-state index contributed by atoms with van der Waals surface area (Å²) in [4.78, 5) is 21.8. The van der Waals surface area contributed by atoms with Gasteiger partial charge in [-0.05, 0) is 42.0 Å². The first-order valence-electron chi connectivity index (χ1n) is 9.27. The van der Waals surface area contributed by atoms with Gasteiger partial charge in [-0.2, -0.15) is 0 Å². The summed E-state index contributed by atoms with van der Waals surface area (Å²) in [6.07, 6.45) is 6.85. The van der Waals surface area contributed by atoms with Crippen molar-refractivity contribution in [3.8, 4) is 0 Å². The van der Waals surface area contributed by atoms with Gasteiger partial charge in [-0.25, -0.2) is 4.98 Å². The maximum Gasteiger partial charge on any atom is 0.228 e. The SMILES string of the molecule is CC(C)CC(NC(=O)C(Cc1ccncc1)c1ccccc1)c1nccs1. The van der Waals surface area contributed by atoms with Crippen LogP contribution in [0.5, 0.6) is 0 Å². The Balaban J connectivity index is 1.83. The second-order valence-electron chi connectivity index (χ2n) is 7.08. The quantitative estimate of drug-likeness (QED) is 0.613. The number of pyridine rings is 1. The average Bonchev–Trinajstić information content (AvgIpc) is 3.21. The van der Waals surface area contributed by atoms with Crippen LogP contribution in [0.4, 0.5) is 0 Å². The van der Waals surface area contributed by atoms with Gasteiger partial charge in [-0.3, -0.25) is 9.78 Å². The highest BCUT2D eigenvalue weighted by Gasteiger charge is 2.25. The molecule has 0 saturated heterocycles. The van der Waals surface area contributed by atoms with Crippen LogP contribution in [0.15, 0.2) is 66.4 Å². The molecule has 1 amide bonds. The third-order valence-corrected chi connectivity index (χ3v) is 5.37. The van der Waals surface area contributed by atoms with E-state index < -0.39 is 0 Å². The summed E-state index contributed by atoms with van der Waals surface area (Å²) in [7, 11) is 0. The summed E-state index contributed by atoms with van der Waals surface area (Å²) in [6, 6.07) is 13.9. The Morgan fingerprint density at radius 3 is 2.44 bits per heavy atom. The van der Waals surface area contributed by atoms with Crippen LogP contribution in [0.25, 0.3) is 0 Å². The van der Waals surface area contributed by atoms with Gasteiger partial charge < -0.3 is 5.32 Å². The number of carbonyl (C=O) groups excluding carboxylic acids is 1. The van der Waals surface area contributed by atoms with Crippen molar-refractivity contribution < 1.29 is 4.79 Å². The lowest BCUT2D eigenvalue weighted by Crippen LogP contribution is -2.34. The Bertz CT molecular complexity index is 819. The van der Waals surface area contributed by atoms with Crippen LogP contribution in [0.1, 0.15) is 48.4 Å². The summed E-state index contributed by atoms with van der Waals surface area (Å²) in [5, 5.41) is 6.19. The summed E-state index contributed by atoms with van der Waals surface area (Å²) < 4.78 is 0. The molecule has 4 nitrogen and oxygen atoms in total. The average molecular weight is 380 g/mol. The highest BCUT2D eigenvalue weighted by atomic mass is 32.1. The van der Waals surface area contributed by atoms with Crippen LogP contribution in [0.3, 0.4) is 0 Å². The molecule has 2 heterocycles.